The summed E-state index contributed by atoms with van der Waals surface area (Å²) >= 11 is 0. The molecule has 0 unspecified atom stereocenters. The molecule has 1 aromatic carbocycles. The van der Waals surface area contributed by atoms with Crippen LogP contribution in [0.15, 0.2) is 36.9 Å². The number of aromatic nitrogens is 2. The predicted molar refractivity (Wildman–Crippen MR) is 121 cm³/mol. The first-order valence-electron chi connectivity index (χ1n) is 11.0. The molecule has 0 atom stereocenters. The van der Waals surface area contributed by atoms with Crippen molar-refractivity contribution in [1.29, 1.82) is 0 Å². The molecule has 3 heterocycles. The fourth-order valence-corrected chi connectivity index (χ4v) is 4.40. The summed E-state index contributed by atoms with van der Waals surface area (Å²) in [7, 11) is 0. The summed E-state index contributed by atoms with van der Waals surface area (Å²) in [5, 5.41) is 10.9. The van der Waals surface area contributed by atoms with E-state index in [9.17, 15) is 4.79 Å². The lowest BCUT2D eigenvalue weighted by molar-refractivity contribution is 0.0645. The number of carbonyl (C=O) groups is 1. The third-order valence-electron chi connectivity index (χ3n) is 6.26. The highest BCUT2D eigenvalue weighted by Crippen LogP contribution is 2.27. The quantitative estimate of drug-likeness (QED) is 0.707. The molecule has 1 aromatic heterocycles. The third-order valence-corrected chi connectivity index (χ3v) is 6.26. The Morgan fingerprint density at radius 3 is 2.30 bits per heavy atom. The first-order valence-corrected chi connectivity index (χ1v) is 11.0. The molecular weight excluding hydrogens is 376 g/mol. The fraction of sp³-hybridized carbons (Fsp3) is 0.522. The van der Waals surface area contributed by atoms with E-state index in [1.165, 1.54) is 0 Å². The summed E-state index contributed by atoms with van der Waals surface area (Å²) in [5.41, 5.74) is 0.465. The van der Waals surface area contributed by atoms with Crippen molar-refractivity contribution >= 4 is 22.5 Å². The van der Waals surface area contributed by atoms with Gasteiger partial charge in [-0.1, -0.05) is 30.3 Å². The third kappa shape index (κ3) is 4.18. The Hall–Kier alpha value is -2.51. The Morgan fingerprint density at radius 2 is 1.67 bits per heavy atom. The van der Waals surface area contributed by atoms with E-state index in [1.54, 1.807) is 0 Å². The van der Waals surface area contributed by atoms with Gasteiger partial charge in [0.1, 0.15) is 0 Å². The molecule has 0 spiro atoms. The van der Waals surface area contributed by atoms with Crippen LogP contribution < -0.4 is 4.90 Å². The van der Waals surface area contributed by atoms with Gasteiger partial charge in [-0.25, -0.2) is 0 Å². The number of hydrogen-bond acceptors (Lipinski definition) is 6. The van der Waals surface area contributed by atoms with Crippen molar-refractivity contribution in [3.05, 3.63) is 42.6 Å². The molecule has 1 amide bonds. The van der Waals surface area contributed by atoms with Crippen LogP contribution in [-0.4, -0.2) is 95.7 Å². The van der Waals surface area contributed by atoms with Crippen LogP contribution in [-0.2, 0) is 0 Å². The lowest BCUT2D eigenvalue weighted by atomic mass is 10.1. The average Bonchev–Trinajstić information content (AvgIpc) is 2.79. The zero-order valence-electron chi connectivity index (χ0n) is 18.1. The minimum absolute atomic E-state index is 0.0202. The smallest absolute Gasteiger partial charge is 0.275 e. The van der Waals surface area contributed by atoms with Gasteiger partial charge >= 0.3 is 0 Å². The zero-order chi connectivity index (χ0) is 21.1. The summed E-state index contributed by atoms with van der Waals surface area (Å²) in [6.45, 7) is 16.2. The van der Waals surface area contributed by atoms with Crippen LogP contribution in [0.2, 0.25) is 0 Å². The van der Waals surface area contributed by atoms with Gasteiger partial charge < -0.3 is 9.80 Å². The van der Waals surface area contributed by atoms with Crippen molar-refractivity contribution in [2.24, 2.45) is 0 Å². The van der Waals surface area contributed by atoms with E-state index in [4.69, 9.17) is 0 Å². The van der Waals surface area contributed by atoms with Gasteiger partial charge in [-0.15, -0.1) is 16.8 Å². The standard InChI is InChI=1S/C23H32N6O/c1-4-9-26-10-12-29(13-11-26)23(30)21-19-7-5-6-8-20(19)22(25-24-21)28-16-14-27(15-17-28)18(2)3/h4-8,18H,1,9-17H2,2-3H3. The van der Waals surface area contributed by atoms with Crippen molar-refractivity contribution in [2.75, 3.05) is 63.8 Å². The van der Waals surface area contributed by atoms with E-state index >= 15 is 0 Å². The molecule has 0 N–H and O–H groups in total. The second-order valence-corrected chi connectivity index (χ2v) is 8.42. The van der Waals surface area contributed by atoms with Crippen LogP contribution in [0.25, 0.3) is 10.8 Å². The fourth-order valence-electron chi connectivity index (χ4n) is 4.40. The molecule has 2 aliphatic rings. The lowest BCUT2D eigenvalue weighted by Crippen LogP contribution is -2.49. The van der Waals surface area contributed by atoms with Gasteiger partial charge in [0, 0.05) is 75.7 Å². The molecule has 2 aliphatic heterocycles. The highest BCUT2D eigenvalue weighted by atomic mass is 16.2. The average molecular weight is 409 g/mol. The molecule has 0 saturated carbocycles. The van der Waals surface area contributed by atoms with Crippen molar-refractivity contribution < 1.29 is 4.79 Å². The topological polar surface area (TPSA) is 55.8 Å². The Kier molecular flexibility index (Phi) is 6.29. The molecule has 0 radical (unpaired) electrons. The molecule has 4 rings (SSSR count). The highest BCUT2D eigenvalue weighted by molar-refractivity contribution is 6.07. The molecular formula is C23H32N6O. The Labute approximate surface area is 178 Å². The number of rotatable bonds is 5. The number of nitrogens with zero attached hydrogens (tertiary/aromatic N) is 6. The summed E-state index contributed by atoms with van der Waals surface area (Å²) in [6.07, 6.45) is 1.91. The SMILES string of the molecule is C=CCN1CCN(C(=O)c2nnc(N3CCN(C(C)C)CC3)c3ccccc23)CC1. The largest absolute Gasteiger partial charge is 0.352 e. The Balaban J connectivity index is 1.56. The summed E-state index contributed by atoms with van der Waals surface area (Å²) < 4.78 is 0. The van der Waals surface area contributed by atoms with Crippen molar-refractivity contribution in [2.45, 2.75) is 19.9 Å². The number of anilines is 1. The molecule has 30 heavy (non-hydrogen) atoms. The van der Waals surface area contributed by atoms with E-state index in [0.29, 0.717) is 24.8 Å². The molecule has 2 fully saturated rings. The zero-order valence-corrected chi connectivity index (χ0v) is 18.1. The lowest BCUT2D eigenvalue weighted by Gasteiger charge is -2.37. The van der Waals surface area contributed by atoms with Gasteiger partial charge in [0.05, 0.1) is 0 Å². The first kappa shape index (κ1) is 20.8. The highest BCUT2D eigenvalue weighted by Gasteiger charge is 2.27. The van der Waals surface area contributed by atoms with Crippen LogP contribution in [0.5, 0.6) is 0 Å². The van der Waals surface area contributed by atoms with Crippen molar-refractivity contribution in [3.8, 4) is 0 Å². The van der Waals surface area contributed by atoms with Gasteiger partial charge in [0.2, 0.25) is 0 Å². The summed E-state index contributed by atoms with van der Waals surface area (Å²) in [5.74, 6) is 0.870. The maximum absolute atomic E-state index is 13.2. The van der Waals surface area contributed by atoms with Crippen molar-refractivity contribution in [3.63, 3.8) is 0 Å². The van der Waals surface area contributed by atoms with Gasteiger partial charge in [-0.3, -0.25) is 14.6 Å². The summed E-state index contributed by atoms with van der Waals surface area (Å²) in [6, 6.07) is 8.61. The van der Waals surface area contributed by atoms with E-state index in [2.05, 4.69) is 51.4 Å². The molecule has 0 bridgehead atoms. The van der Waals surface area contributed by atoms with Gasteiger partial charge in [0.15, 0.2) is 11.5 Å². The number of amides is 1. The Morgan fingerprint density at radius 1 is 1.00 bits per heavy atom. The van der Waals surface area contributed by atoms with E-state index < -0.39 is 0 Å². The van der Waals surface area contributed by atoms with Gasteiger partial charge in [-0.2, -0.15) is 0 Å². The van der Waals surface area contributed by atoms with Crippen LogP contribution >= 0.6 is 0 Å². The number of piperazine rings is 2. The number of fused-ring (bicyclic) bond motifs is 1. The molecule has 7 nitrogen and oxygen atoms in total. The van der Waals surface area contributed by atoms with E-state index in [0.717, 1.165) is 62.4 Å². The maximum atomic E-state index is 13.2. The minimum atomic E-state index is -0.0202. The summed E-state index contributed by atoms with van der Waals surface area (Å²) in [4.78, 5) is 22.2. The predicted octanol–water partition coefficient (Wildman–Crippen LogP) is 2.10. The van der Waals surface area contributed by atoms with Gasteiger partial charge in [0.25, 0.3) is 5.91 Å². The Bertz CT molecular complexity index is 898. The van der Waals surface area contributed by atoms with E-state index in [1.807, 2.05) is 29.2 Å². The van der Waals surface area contributed by atoms with Gasteiger partial charge in [-0.05, 0) is 13.8 Å². The molecule has 2 aromatic rings. The van der Waals surface area contributed by atoms with Crippen LogP contribution in [0, 0.1) is 0 Å². The van der Waals surface area contributed by atoms with E-state index in [-0.39, 0.29) is 5.91 Å². The molecule has 7 heteroatoms. The normalized spacial score (nSPS) is 18.9. The monoisotopic (exact) mass is 408 g/mol. The minimum Gasteiger partial charge on any atom is -0.352 e. The van der Waals surface area contributed by atoms with Crippen LogP contribution in [0.4, 0.5) is 5.82 Å². The van der Waals surface area contributed by atoms with Crippen LogP contribution in [0.3, 0.4) is 0 Å². The molecule has 2 saturated heterocycles. The second kappa shape index (κ2) is 9.10. The number of hydrogen-bond donors (Lipinski definition) is 0. The van der Waals surface area contributed by atoms with Crippen molar-refractivity contribution in [1.82, 2.24) is 24.9 Å². The first-order chi connectivity index (χ1) is 14.6. The van der Waals surface area contributed by atoms with Crippen LogP contribution in [0.1, 0.15) is 24.3 Å². The number of benzene rings is 1. The second-order valence-electron chi connectivity index (χ2n) is 8.42. The number of carbonyl (C=O) groups excluding carboxylic acids is 1. The molecule has 160 valence electrons. The maximum Gasteiger partial charge on any atom is 0.275 e. The molecule has 0 aliphatic carbocycles.